The molecule has 10 heteroatoms. The van der Waals surface area contributed by atoms with Gasteiger partial charge in [0.2, 0.25) is 11.7 Å². The maximum Gasteiger partial charge on any atom is 0.228 e. The first-order valence-electron chi connectivity index (χ1n) is 9.38. The SMILES string of the molecule is CN=C(NCCCOCc1ccco1)NCCc1nc(-c2ccc(Cl)cc2)no1.I. The zero-order chi connectivity index (χ0) is 20.3. The molecule has 2 N–H and O–H groups in total. The molecule has 2 heterocycles. The van der Waals surface area contributed by atoms with Gasteiger partial charge in [-0.05, 0) is 42.8 Å². The van der Waals surface area contributed by atoms with Crippen LogP contribution in [0.15, 0.2) is 56.6 Å². The van der Waals surface area contributed by atoms with Crippen molar-refractivity contribution in [1.29, 1.82) is 0 Å². The molecule has 0 spiro atoms. The van der Waals surface area contributed by atoms with Crippen molar-refractivity contribution in [1.82, 2.24) is 20.8 Å². The lowest BCUT2D eigenvalue weighted by Crippen LogP contribution is -2.39. The Kier molecular flexibility index (Phi) is 10.7. The molecular formula is C20H25ClIN5O3. The van der Waals surface area contributed by atoms with E-state index in [1.165, 1.54) is 0 Å². The molecule has 3 rings (SSSR count). The van der Waals surface area contributed by atoms with Gasteiger partial charge in [-0.2, -0.15) is 4.98 Å². The molecule has 30 heavy (non-hydrogen) atoms. The molecule has 0 aliphatic rings. The van der Waals surface area contributed by atoms with Gasteiger partial charge < -0.3 is 24.3 Å². The topological polar surface area (TPSA) is 97.7 Å². The van der Waals surface area contributed by atoms with Crippen molar-refractivity contribution in [3.63, 3.8) is 0 Å². The van der Waals surface area contributed by atoms with Crippen LogP contribution in [0, 0.1) is 0 Å². The van der Waals surface area contributed by atoms with E-state index in [2.05, 4.69) is 25.8 Å². The first-order chi connectivity index (χ1) is 14.2. The highest BCUT2D eigenvalue weighted by Crippen LogP contribution is 2.18. The van der Waals surface area contributed by atoms with E-state index in [0.717, 1.165) is 24.3 Å². The van der Waals surface area contributed by atoms with Crippen LogP contribution in [-0.4, -0.2) is 42.8 Å². The first kappa shape index (κ1) is 24.2. The summed E-state index contributed by atoms with van der Waals surface area (Å²) in [6, 6.07) is 11.1. The largest absolute Gasteiger partial charge is 0.467 e. The molecule has 162 valence electrons. The van der Waals surface area contributed by atoms with Crippen LogP contribution < -0.4 is 10.6 Å². The monoisotopic (exact) mass is 545 g/mol. The molecule has 0 aliphatic heterocycles. The predicted molar refractivity (Wildman–Crippen MR) is 126 cm³/mol. The molecule has 0 bridgehead atoms. The lowest BCUT2D eigenvalue weighted by atomic mass is 10.2. The Morgan fingerprint density at radius 2 is 1.97 bits per heavy atom. The Morgan fingerprint density at radius 3 is 2.70 bits per heavy atom. The van der Waals surface area contributed by atoms with E-state index in [1.54, 1.807) is 25.4 Å². The number of furan rings is 1. The highest BCUT2D eigenvalue weighted by molar-refractivity contribution is 14.0. The smallest absolute Gasteiger partial charge is 0.228 e. The summed E-state index contributed by atoms with van der Waals surface area (Å²) in [7, 11) is 1.73. The Bertz CT molecular complexity index is 884. The third-order valence-electron chi connectivity index (χ3n) is 4.01. The molecule has 0 aliphatic carbocycles. The third kappa shape index (κ3) is 7.96. The molecule has 0 radical (unpaired) electrons. The lowest BCUT2D eigenvalue weighted by molar-refractivity contribution is 0.105. The second-order valence-corrected chi connectivity index (χ2v) is 6.62. The van der Waals surface area contributed by atoms with Crippen molar-refractivity contribution < 1.29 is 13.7 Å². The number of aliphatic imine (C=N–C) groups is 1. The lowest BCUT2D eigenvalue weighted by Gasteiger charge is -2.11. The molecular weight excluding hydrogens is 521 g/mol. The van der Waals surface area contributed by atoms with Crippen LogP contribution in [0.4, 0.5) is 0 Å². The van der Waals surface area contributed by atoms with Crippen LogP contribution in [0.25, 0.3) is 11.4 Å². The normalized spacial score (nSPS) is 11.2. The summed E-state index contributed by atoms with van der Waals surface area (Å²) >= 11 is 5.90. The van der Waals surface area contributed by atoms with E-state index in [4.69, 9.17) is 25.3 Å². The summed E-state index contributed by atoms with van der Waals surface area (Å²) in [5, 5.41) is 11.1. The molecule has 0 saturated heterocycles. The fraction of sp³-hybridized carbons (Fsp3) is 0.350. The van der Waals surface area contributed by atoms with Crippen molar-refractivity contribution in [3.05, 3.63) is 59.3 Å². The molecule has 0 atom stereocenters. The van der Waals surface area contributed by atoms with Crippen molar-refractivity contribution in [2.45, 2.75) is 19.4 Å². The summed E-state index contributed by atoms with van der Waals surface area (Å²) in [6.45, 7) is 2.50. The fourth-order valence-electron chi connectivity index (χ4n) is 2.53. The zero-order valence-corrected chi connectivity index (χ0v) is 19.7. The van der Waals surface area contributed by atoms with E-state index in [1.807, 2.05) is 24.3 Å². The molecule has 8 nitrogen and oxygen atoms in total. The van der Waals surface area contributed by atoms with Gasteiger partial charge in [0, 0.05) is 43.8 Å². The molecule has 0 fully saturated rings. The van der Waals surface area contributed by atoms with Crippen molar-refractivity contribution in [2.75, 3.05) is 26.7 Å². The van der Waals surface area contributed by atoms with Crippen LogP contribution in [0.3, 0.4) is 0 Å². The minimum Gasteiger partial charge on any atom is -0.467 e. The molecule has 1 aromatic carbocycles. The standard InChI is InChI=1S/C20H24ClN5O3.HI/c1-22-20(23-10-3-12-27-14-17-4-2-13-28-17)24-11-9-18-25-19(26-29-18)15-5-7-16(21)8-6-15;/h2,4-8,13H,3,9-12,14H2,1H3,(H2,22,23,24);1H. The highest BCUT2D eigenvalue weighted by Gasteiger charge is 2.08. The quantitative estimate of drug-likeness (QED) is 0.172. The van der Waals surface area contributed by atoms with E-state index >= 15 is 0 Å². The fourth-order valence-corrected chi connectivity index (χ4v) is 2.66. The van der Waals surface area contributed by atoms with Crippen molar-refractivity contribution in [3.8, 4) is 11.4 Å². The number of nitrogens with zero attached hydrogens (tertiary/aromatic N) is 3. The first-order valence-corrected chi connectivity index (χ1v) is 9.75. The number of halogens is 2. The molecule has 3 aromatic rings. The summed E-state index contributed by atoms with van der Waals surface area (Å²) in [6.07, 6.45) is 3.09. The Balaban J connectivity index is 0.00000320. The van der Waals surface area contributed by atoms with Crippen LogP contribution in [0.1, 0.15) is 18.1 Å². The number of guanidine groups is 1. The molecule has 0 amide bonds. The van der Waals surface area contributed by atoms with Crippen LogP contribution >= 0.6 is 35.6 Å². The van der Waals surface area contributed by atoms with Gasteiger partial charge >= 0.3 is 0 Å². The summed E-state index contributed by atoms with van der Waals surface area (Å²) in [5.74, 6) is 2.65. The number of hydrogen-bond acceptors (Lipinski definition) is 6. The van der Waals surface area contributed by atoms with E-state index < -0.39 is 0 Å². The van der Waals surface area contributed by atoms with Gasteiger partial charge in [-0.3, -0.25) is 4.99 Å². The third-order valence-corrected chi connectivity index (χ3v) is 4.26. The van der Waals surface area contributed by atoms with Gasteiger partial charge in [-0.25, -0.2) is 0 Å². The average Bonchev–Trinajstić information content (AvgIpc) is 3.42. The highest BCUT2D eigenvalue weighted by atomic mass is 127. The van der Waals surface area contributed by atoms with Gasteiger partial charge in [0.15, 0.2) is 5.96 Å². The second-order valence-electron chi connectivity index (χ2n) is 6.18. The number of benzene rings is 1. The Hall–Kier alpha value is -2.11. The summed E-state index contributed by atoms with van der Waals surface area (Å²) < 4.78 is 16.1. The predicted octanol–water partition coefficient (Wildman–Crippen LogP) is 3.92. The molecule has 2 aromatic heterocycles. The number of ether oxygens (including phenoxy) is 1. The van der Waals surface area contributed by atoms with E-state index in [-0.39, 0.29) is 24.0 Å². The number of rotatable bonds is 10. The number of nitrogens with one attached hydrogen (secondary N) is 2. The van der Waals surface area contributed by atoms with Crippen LogP contribution in [0.5, 0.6) is 0 Å². The van der Waals surface area contributed by atoms with Crippen LogP contribution in [0.2, 0.25) is 5.02 Å². The zero-order valence-electron chi connectivity index (χ0n) is 16.6. The maximum atomic E-state index is 5.90. The number of hydrogen-bond donors (Lipinski definition) is 2. The molecule has 0 unspecified atom stereocenters. The minimum absolute atomic E-state index is 0. The van der Waals surface area contributed by atoms with E-state index in [0.29, 0.717) is 48.9 Å². The van der Waals surface area contributed by atoms with Gasteiger partial charge in [-0.1, -0.05) is 16.8 Å². The minimum atomic E-state index is 0. The average molecular weight is 546 g/mol. The maximum absolute atomic E-state index is 5.90. The second kappa shape index (κ2) is 13.2. The van der Waals surface area contributed by atoms with Crippen molar-refractivity contribution in [2.24, 2.45) is 4.99 Å². The van der Waals surface area contributed by atoms with Crippen LogP contribution in [-0.2, 0) is 17.8 Å². The summed E-state index contributed by atoms with van der Waals surface area (Å²) in [4.78, 5) is 8.60. The Labute approximate surface area is 197 Å². The van der Waals surface area contributed by atoms with E-state index in [9.17, 15) is 0 Å². The van der Waals surface area contributed by atoms with Gasteiger partial charge in [0.1, 0.15) is 12.4 Å². The van der Waals surface area contributed by atoms with Gasteiger partial charge in [0.05, 0.1) is 6.26 Å². The van der Waals surface area contributed by atoms with Crippen molar-refractivity contribution >= 4 is 41.5 Å². The van der Waals surface area contributed by atoms with Gasteiger partial charge in [0.25, 0.3) is 0 Å². The summed E-state index contributed by atoms with van der Waals surface area (Å²) in [5.41, 5.74) is 0.865. The molecule has 0 saturated carbocycles. The van der Waals surface area contributed by atoms with Gasteiger partial charge in [-0.15, -0.1) is 24.0 Å². The Morgan fingerprint density at radius 1 is 1.17 bits per heavy atom. The number of aromatic nitrogens is 2.